The van der Waals surface area contributed by atoms with Gasteiger partial charge in [-0.15, -0.1) is 16.4 Å². The number of carbonyl (C=O) groups is 2. The van der Waals surface area contributed by atoms with Crippen LogP contribution in [0.15, 0.2) is 17.5 Å². The molecule has 0 aliphatic heterocycles. The van der Waals surface area contributed by atoms with Gasteiger partial charge in [0.25, 0.3) is 0 Å². The second-order valence-electron chi connectivity index (χ2n) is 4.43. The van der Waals surface area contributed by atoms with Gasteiger partial charge in [-0.25, -0.2) is 9.48 Å². The van der Waals surface area contributed by atoms with Gasteiger partial charge in [0, 0.05) is 14.1 Å². The zero-order valence-electron chi connectivity index (χ0n) is 12.1. The lowest BCUT2D eigenvalue weighted by atomic mass is 10.2. The molecule has 0 N–H and O–H groups in total. The Balaban J connectivity index is 2.42. The molecule has 2 aromatic heterocycles. The van der Waals surface area contributed by atoms with Gasteiger partial charge in [0.1, 0.15) is 12.2 Å². The summed E-state index contributed by atoms with van der Waals surface area (Å²) in [4.78, 5) is 26.1. The van der Waals surface area contributed by atoms with Gasteiger partial charge in [-0.1, -0.05) is 11.3 Å². The number of amides is 1. The second-order valence-corrected chi connectivity index (χ2v) is 5.38. The summed E-state index contributed by atoms with van der Waals surface area (Å²) < 4.78 is 6.42. The summed E-state index contributed by atoms with van der Waals surface area (Å²) >= 11 is 1.45. The molecule has 1 amide bonds. The quantitative estimate of drug-likeness (QED) is 0.777. The van der Waals surface area contributed by atoms with Gasteiger partial charge in [-0.2, -0.15) is 0 Å². The van der Waals surface area contributed by atoms with Crippen LogP contribution < -0.4 is 0 Å². The Morgan fingerprint density at radius 1 is 1.43 bits per heavy atom. The van der Waals surface area contributed by atoms with E-state index < -0.39 is 5.97 Å². The van der Waals surface area contributed by atoms with Gasteiger partial charge in [0.2, 0.25) is 5.91 Å². The number of likely N-dealkylation sites (N-methyl/N-ethyl adjacent to an activating group) is 1. The minimum Gasteiger partial charge on any atom is -0.461 e. The largest absolute Gasteiger partial charge is 0.461 e. The van der Waals surface area contributed by atoms with E-state index in [1.807, 2.05) is 17.5 Å². The van der Waals surface area contributed by atoms with E-state index >= 15 is 0 Å². The Kier molecular flexibility index (Phi) is 4.69. The van der Waals surface area contributed by atoms with Crippen LogP contribution in [0.1, 0.15) is 17.4 Å². The van der Waals surface area contributed by atoms with E-state index in [0.717, 1.165) is 4.88 Å². The molecule has 2 heterocycles. The number of thiophene rings is 1. The van der Waals surface area contributed by atoms with Crippen molar-refractivity contribution in [3.63, 3.8) is 0 Å². The first-order valence-corrected chi connectivity index (χ1v) is 7.27. The Hall–Kier alpha value is -2.22. The fraction of sp³-hybridized carbons (Fsp3) is 0.385. The van der Waals surface area contributed by atoms with Crippen molar-refractivity contribution in [2.75, 3.05) is 20.7 Å². The van der Waals surface area contributed by atoms with E-state index in [4.69, 9.17) is 4.74 Å². The van der Waals surface area contributed by atoms with E-state index in [0.29, 0.717) is 5.69 Å². The third kappa shape index (κ3) is 3.27. The summed E-state index contributed by atoms with van der Waals surface area (Å²) in [5.41, 5.74) is 0.643. The van der Waals surface area contributed by atoms with Crippen molar-refractivity contribution in [1.82, 2.24) is 19.9 Å². The Morgan fingerprint density at radius 2 is 2.19 bits per heavy atom. The average molecular weight is 308 g/mol. The van der Waals surface area contributed by atoms with E-state index in [1.54, 1.807) is 21.0 Å². The minimum absolute atomic E-state index is 0.0205. The number of rotatable bonds is 5. The zero-order valence-corrected chi connectivity index (χ0v) is 12.9. The molecule has 0 aromatic carbocycles. The van der Waals surface area contributed by atoms with Crippen molar-refractivity contribution in [2.45, 2.75) is 13.5 Å². The third-order valence-electron chi connectivity index (χ3n) is 2.74. The van der Waals surface area contributed by atoms with E-state index in [9.17, 15) is 9.59 Å². The van der Waals surface area contributed by atoms with Crippen LogP contribution in [0.3, 0.4) is 0 Å². The molecule has 0 saturated heterocycles. The molecule has 0 unspecified atom stereocenters. The number of hydrogen-bond acceptors (Lipinski definition) is 6. The number of esters is 1. The number of ether oxygens (including phenoxy) is 1. The molecule has 21 heavy (non-hydrogen) atoms. The normalized spacial score (nSPS) is 10.4. The summed E-state index contributed by atoms with van der Waals surface area (Å²) in [6, 6.07) is 3.71. The molecule has 8 heteroatoms. The predicted molar refractivity (Wildman–Crippen MR) is 78.0 cm³/mol. The number of hydrogen-bond donors (Lipinski definition) is 0. The summed E-state index contributed by atoms with van der Waals surface area (Å²) in [7, 11) is 3.33. The molecule has 0 spiro atoms. The van der Waals surface area contributed by atoms with Gasteiger partial charge in [-0.05, 0) is 18.4 Å². The zero-order chi connectivity index (χ0) is 15.4. The number of aromatic nitrogens is 3. The molecule has 0 aliphatic rings. The molecule has 2 rings (SSSR count). The monoisotopic (exact) mass is 308 g/mol. The second kappa shape index (κ2) is 6.49. The van der Waals surface area contributed by atoms with Gasteiger partial charge >= 0.3 is 5.97 Å². The predicted octanol–water partition coefficient (Wildman–Crippen LogP) is 1.27. The fourth-order valence-corrected chi connectivity index (χ4v) is 2.46. The topological polar surface area (TPSA) is 77.3 Å². The van der Waals surface area contributed by atoms with Crippen LogP contribution in [-0.2, 0) is 16.1 Å². The van der Waals surface area contributed by atoms with Gasteiger partial charge in [0.15, 0.2) is 5.69 Å². The Morgan fingerprint density at radius 3 is 2.76 bits per heavy atom. The molecular formula is C13H16N4O3S. The van der Waals surface area contributed by atoms with Crippen molar-refractivity contribution in [1.29, 1.82) is 0 Å². The van der Waals surface area contributed by atoms with Gasteiger partial charge in [-0.3, -0.25) is 4.79 Å². The summed E-state index contributed by atoms with van der Waals surface area (Å²) in [5.74, 6) is -0.669. The Labute approximate surface area is 126 Å². The maximum absolute atomic E-state index is 12.0. The van der Waals surface area contributed by atoms with Crippen LogP contribution in [0.5, 0.6) is 0 Å². The van der Waals surface area contributed by atoms with Crippen LogP contribution >= 0.6 is 11.3 Å². The van der Waals surface area contributed by atoms with Crippen molar-refractivity contribution < 1.29 is 14.3 Å². The molecule has 0 aliphatic carbocycles. The van der Waals surface area contributed by atoms with Crippen LogP contribution in [0, 0.1) is 0 Å². The highest BCUT2D eigenvalue weighted by Gasteiger charge is 2.24. The van der Waals surface area contributed by atoms with Crippen LogP contribution in [0.4, 0.5) is 0 Å². The number of nitrogens with zero attached hydrogens (tertiary/aromatic N) is 4. The SMILES string of the molecule is CCOC(=O)c1nnn(CC(=O)N(C)C)c1-c1cccs1. The van der Waals surface area contributed by atoms with Crippen molar-refractivity contribution in [2.24, 2.45) is 0 Å². The molecule has 0 saturated carbocycles. The average Bonchev–Trinajstić information content (AvgIpc) is 3.07. The Bertz CT molecular complexity index is 634. The number of carbonyl (C=O) groups excluding carboxylic acids is 2. The van der Waals surface area contributed by atoms with Gasteiger partial charge < -0.3 is 9.64 Å². The first-order chi connectivity index (χ1) is 10.0. The highest BCUT2D eigenvalue weighted by molar-refractivity contribution is 7.13. The first kappa shape index (κ1) is 15.2. The highest BCUT2D eigenvalue weighted by atomic mass is 32.1. The molecule has 0 radical (unpaired) electrons. The maximum Gasteiger partial charge on any atom is 0.361 e. The summed E-state index contributed by atoms with van der Waals surface area (Å²) in [6.07, 6.45) is 0. The first-order valence-electron chi connectivity index (χ1n) is 6.39. The van der Waals surface area contributed by atoms with Crippen LogP contribution in [0.25, 0.3) is 10.6 Å². The molecule has 0 fully saturated rings. The molecule has 0 atom stereocenters. The van der Waals surface area contributed by atoms with Crippen molar-refractivity contribution >= 4 is 23.2 Å². The fourth-order valence-electron chi connectivity index (χ4n) is 1.69. The summed E-state index contributed by atoms with van der Waals surface area (Å²) in [5, 5.41) is 9.68. The van der Waals surface area contributed by atoms with Gasteiger partial charge in [0.05, 0.1) is 11.5 Å². The van der Waals surface area contributed by atoms with E-state index in [-0.39, 0.29) is 24.8 Å². The maximum atomic E-state index is 12.0. The molecule has 2 aromatic rings. The van der Waals surface area contributed by atoms with E-state index in [1.165, 1.54) is 20.9 Å². The standard InChI is InChI=1S/C13H16N4O3S/c1-4-20-13(19)11-12(9-6-5-7-21-9)17(15-14-11)8-10(18)16(2)3/h5-7H,4,8H2,1-3H3. The molecular weight excluding hydrogens is 292 g/mol. The molecule has 0 bridgehead atoms. The summed E-state index contributed by atoms with van der Waals surface area (Å²) in [6.45, 7) is 2.00. The smallest absolute Gasteiger partial charge is 0.361 e. The molecule has 112 valence electrons. The third-order valence-corrected chi connectivity index (χ3v) is 3.62. The lowest BCUT2D eigenvalue weighted by Gasteiger charge is -2.11. The van der Waals surface area contributed by atoms with Crippen LogP contribution in [0.2, 0.25) is 0 Å². The van der Waals surface area contributed by atoms with E-state index in [2.05, 4.69) is 10.3 Å². The van der Waals surface area contributed by atoms with Crippen molar-refractivity contribution in [3.8, 4) is 10.6 Å². The highest BCUT2D eigenvalue weighted by Crippen LogP contribution is 2.27. The lowest BCUT2D eigenvalue weighted by Crippen LogP contribution is -2.27. The molecule has 7 nitrogen and oxygen atoms in total. The van der Waals surface area contributed by atoms with Crippen molar-refractivity contribution in [3.05, 3.63) is 23.2 Å². The van der Waals surface area contributed by atoms with Crippen LogP contribution in [-0.4, -0.2) is 52.5 Å². The lowest BCUT2D eigenvalue weighted by molar-refractivity contribution is -0.129. The minimum atomic E-state index is -0.538.